The maximum absolute atomic E-state index is 12.9. The van der Waals surface area contributed by atoms with Crippen molar-refractivity contribution in [1.82, 2.24) is 14.0 Å². The smallest absolute Gasteiger partial charge is 0.407 e. The van der Waals surface area contributed by atoms with Crippen LogP contribution in [0.5, 0.6) is 0 Å². The fraction of sp³-hybridized carbons (Fsp3) is 0.333. The van der Waals surface area contributed by atoms with Crippen molar-refractivity contribution in [2.45, 2.75) is 25.8 Å². The number of benzene rings is 2. The summed E-state index contributed by atoms with van der Waals surface area (Å²) < 4.78 is 3.54. The maximum atomic E-state index is 12.9. The van der Waals surface area contributed by atoms with Gasteiger partial charge in [0.05, 0.1) is 11.0 Å². The Morgan fingerprint density at radius 3 is 2.44 bits per heavy atom. The van der Waals surface area contributed by atoms with Gasteiger partial charge in [-0.05, 0) is 48.6 Å². The van der Waals surface area contributed by atoms with Crippen LogP contribution in [0, 0.1) is 6.92 Å². The van der Waals surface area contributed by atoms with Crippen molar-refractivity contribution in [1.29, 1.82) is 0 Å². The van der Waals surface area contributed by atoms with E-state index in [1.807, 2.05) is 22.8 Å². The molecule has 2 heterocycles. The number of aryl methyl sites for hydroxylation is 2. The Morgan fingerprint density at radius 2 is 1.78 bits per heavy atom. The molecule has 0 unspecified atom stereocenters. The molecule has 1 aromatic heterocycles. The number of rotatable bonds is 2. The van der Waals surface area contributed by atoms with Crippen LogP contribution in [0.3, 0.4) is 0 Å². The summed E-state index contributed by atoms with van der Waals surface area (Å²) >= 11 is 0. The van der Waals surface area contributed by atoms with Gasteiger partial charge in [-0.1, -0.05) is 30.3 Å². The van der Waals surface area contributed by atoms with E-state index in [4.69, 9.17) is 5.11 Å². The third kappa shape index (κ3) is 2.91. The lowest BCUT2D eigenvalue weighted by atomic mass is 10.00. The second-order valence-electron chi connectivity index (χ2n) is 7.23. The number of carbonyl (C=O) groups is 1. The number of fused-ring (bicyclic) bond motifs is 1. The molecular formula is C21H23N3O3. The molecule has 6 nitrogen and oxygen atoms in total. The molecule has 1 saturated heterocycles. The standard InChI is InChI=1S/C21H23N3O3/c1-14-5-3-4-6-17(14)15-7-8-18-19(13-15)22(2)20(25)24(18)16-9-11-23(12-10-16)21(26)27/h3-8,13,16H,9-12H2,1-2H3,(H,26,27). The zero-order valence-corrected chi connectivity index (χ0v) is 15.6. The summed E-state index contributed by atoms with van der Waals surface area (Å²) in [5, 5.41) is 9.14. The van der Waals surface area contributed by atoms with Gasteiger partial charge in [-0.25, -0.2) is 9.59 Å². The quantitative estimate of drug-likeness (QED) is 0.754. The normalized spacial score (nSPS) is 15.4. The molecule has 0 saturated carbocycles. The van der Waals surface area contributed by atoms with Crippen LogP contribution in [0.15, 0.2) is 47.3 Å². The Bertz CT molecular complexity index is 1070. The minimum atomic E-state index is -0.887. The third-order valence-electron chi connectivity index (χ3n) is 5.65. The van der Waals surface area contributed by atoms with E-state index in [2.05, 4.69) is 31.2 Å². The van der Waals surface area contributed by atoms with E-state index in [-0.39, 0.29) is 11.7 Å². The van der Waals surface area contributed by atoms with Gasteiger partial charge in [0.25, 0.3) is 0 Å². The van der Waals surface area contributed by atoms with Crippen LogP contribution in [-0.2, 0) is 7.05 Å². The van der Waals surface area contributed by atoms with Gasteiger partial charge in [-0.3, -0.25) is 9.13 Å². The van der Waals surface area contributed by atoms with E-state index in [0.29, 0.717) is 25.9 Å². The Labute approximate surface area is 157 Å². The first-order valence-electron chi connectivity index (χ1n) is 9.22. The average molecular weight is 365 g/mol. The van der Waals surface area contributed by atoms with Gasteiger partial charge >= 0.3 is 11.8 Å². The van der Waals surface area contributed by atoms with Crippen LogP contribution < -0.4 is 5.69 Å². The molecule has 0 aliphatic carbocycles. The van der Waals surface area contributed by atoms with Crippen molar-refractivity contribution in [3.63, 3.8) is 0 Å². The molecule has 3 aromatic rings. The van der Waals surface area contributed by atoms with Crippen LogP contribution in [0.4, 0.5) is 4.79 Å². The van der Waals surface area contributed by atoms with Gasteiger partial charge in [-0.15, -0.1) is 0 Å². The summed E-state index contributed by atoms with van der Waals surface area (Å²) in [5.74, 6) is 0. The molecule has 6 heteroatoms. The first-order valence-corrected chi connectivity index (χ1v) is 9.22. The zero-order chi connectivity index (χ0) is 19.1. The lowest BCUT2D eigenvalue weighted by Gasteiger charge is -2.30. The highest BCUT2D eigenvalue weighted by Crippen LogP contribution is 2.29. The highest BCUT2D eigenvalue weighted by atomic mass is 16.4. The number of nitrogens with zero attached hydrogens (tertiary/aromatic N) is 3. The van der Waals surface area contributed by atoms with Crippen molar-refractivity contribution in [2.24, 2.45) is 7.05 Å². The van der Waals surface area contributed by atoms with Gasteiger partial charge in [0.1, 0.15) is 0 Å². The maximum Gasteiger partial charge on any atom is 0.407 e. The fourth-order valence-corrected chi connectivity index (χ4v) is 4.10. The predicted octanol–water partition coefficient (Wildman–Crippen LogP) is 3.63. The average Bonchev–Trinajstić information content (AvgIpc) is 2.92. The number of aromatic nitrogens is 2. The monoisotopic (exact) mass is 365 g/mol. The molecule has 1 aliphatic rings. The molecule has 140 valence electrons. The van der Waals surface area contributed by atoms with Gasteiger partial charge in [0.2, 0.25) is 0 Å². The molecule has 0 radical (unpaired) electrons. The highest BCUT2D eigenvalue weighted by molar-refractivity contribution is 5.83. The summed E-state index contributed by atoms with van der Waals surface area (Å²) in [6.45, 7) is 3.01. The second kappa shape index (κ2) is 6.61. The SMILES string of the molecule is Cc1ccccc1-c1ccc2c(c1)n(C)c(=O)n2C1CCN(C(=O)O)CC1. The summed E-state index contributed by atoms with van der Waals surface area (Å²) in [6, 6.07) is 14.4. The van der Waals surface area contributed by atoms with Crippen molar-refractivity contribution in [3.05, 3.63) is 58.5 Å². The van der Waals surface area contributed by atoms with Crippen molar-refractivity contribution in [2.75, 3.05) is 13.1 Å². The number of imidazole rings is 1. The predicted molar refractivity (Wildman–Crippen MR) is 105 cm³/mol. The van der Waals surface area contributed by atoms with E-state index in [1.54, 1.807) is 11.6 Å². The summed E-state index contributed by atoms with van der Waals surface area (Å²) in [7, 11) is 1.80. The lowest BCUT2D eigenvalue weighted by Crippen LogP contribution is -2.40. The summed E-state index contributed by atoms with van der Waals surface area (Å²) in [6.07, 6.45) is 0.428. The Morgan fingerprint density at radius 1 is 1.07 bits per heavy atom. The molecule has 4 rings (SSSR count). The molecule has 1 fully saturated rings. The number of hydrogen-bond acceptors (Lipinski definition) is 2. The van der Waals surface area contributed by atoms with E-state index >= 15 is 0 Å². The van der Waals surface area contributed by atoms with Crippen molar-refractivity contribution in [3.8, 4) is 11.1 Å². The van der Waals surface area contributed by atoms with Gasteiger partial charge < -0.3 is 10.0 Å². The molecule has 0 spiro atoms. The number of carboxylic acid groups (broad SMARTS) is 1. The lowest BCUT2D eigenvalue weighted by molar-refractivity contribution is 0.125. The first-order chi connectivity index (χ1) is 13.0. The molecule has 2 aromatic carbocycles. The molecule has 1 aliphatic heterocycles. The number of likely N-dealkylation sites (tertiary alicyclic amines) is 1. The molecule has 27 heavy (non-hydrogen) atoms. The Hall–Kier alpha value is -3.02. The summed E-state index contributed by atoms with van der Waals surface area (Å²) in [4.78, 5) is 25.5. The van der Waals surface area contributed by atoms with Gasteiger partial charge in [-0.2, -0.15) is 0 Å². The van der Waals surface area contributed by atoms with Crippen LogP contribution in [0.1, 0.15) is 24.4 Å². The van der Waals surface area contributed by atoms with E-state index < -0.39 is 6.09 Å². The fourth-order valence-electron chi connectivity index (χ4n) is 4.10. The number of amides is 1. The van der Waals surface area contributed by atoms with Crippen LogP contribution in [-0.4, -0.2) is 38.3 Å². The number of hydrogen-bond donors (Lipinski definition) is 1. The molecular weight excluding hydrogens is 342 g/mol. The Kier molecular flexibility index (Phi) is 4.26. The zero-order valence-electron chi connectivity index (χ0n) is 15.6. The van der Waals surface area contributed by atoms with E-state index in [1.165, 1.54) is 10.5 Å². The molecule has 1 amide bonds. The topological polar surface area (TPSA) is 67.5 Å². The van der Waals surface area contributed by atoms with E-state index in [0.717, 1.165) is 22.2 Å². The molecule has 0 atom stereocenters. The third-order valence-corrected chi connectivity index (χ3v) is 5.65. The largest absolute Gasteiger partial charge is 0.465 e. The molecule has 1 N–H and O–H groups in total. The summed E-state index contributed by atoms with van der Waals surface area (Å²) in [5.41, 5.74) is 5.22. The van der Waals surface area contributed by atoms with Crippen LogP contribution in [0.25, 0.3) is 22.2 Å². The minimum Gasteiger partial charge on any atom is -0.465 e. The highest BCUT2D eigenvalue weighted by Gasteiger charge is 2.26. The van der Waals surface area contributed by atoms with Crippen LogP contribution >= 0.6 is 0 Å². The second-order valence-corrected chi connectivity index (χ2v) is 7.23. The minimum absolute atomic E-state index is 0.0288. The Balaban J connectivity index is 1.76. The van der Waals surface area contributed by atoms with Crippen molar-refractivity contribution < 1.29 is 9.90 Å². The van der Waals surface area contributed by atoms with Gasteiger partial charge in [0.15, 0.2) is 0 Å². The van der Waals surface area contributed by atoms with Crippen molar-refractivity contribution >= 4 is 17.1 Å². The molecule has 0 bridgehead atoms. The van der Waals surface area contributed by atoms with Gasteiger partial charge in [0, 0.05) is 26.2 Å². The number of piperidine rings is 1. The van der Waals surface area contributed by atoms with E-state index in [9.17, 15) is 9.59 Å². The van der Waals surface area contributed by atoms with Crippen LogP contribution in [0.2, 0.25) is 0 Å². The first kappa shape index (κ1) is 17.4.